The first-order valence-corrected chi connectivity index (χ1v) is 6.89. The van der Waals surface area contributed by atoms with E-state index in [1.807, 2.05) is 0 Å². The van der Waals surface area contributed by atoms with Crippen LogP contribution in [0, 0.1) is 0 Å². The highest BCUT2D eigenvalue weighted by Crippen LogP contribution is 2.34. The van der Waals surface area contributed by atoms with Crippen molar-refractivity contribution in [3.05, 3.63) is 63.1 Å². The summed E-state index contributed by atoms with van der Waals surface area (Å²) in [6.07, 6.45) is -4.48. The highest BCUT2D eigenvalue weighted by molar-refractivity contribution is 9.10. The van der Waals surface area contributed by atoms with Crippen molar-refractivity contribution in [2.75, 3.05) is 5.32 Å². The number of carbonyl (C=O) groups is 1. The second-order valence-corrected chi connectivity index (χ2v) is 5.39. The Kier molecular flexibility index (Phi) is 4.58. The van der Waals surface area contributed by atoms with Crippen molar-refractivity contribution in [2.45, 2.75) is 6.18 Å². The molecule has 1 amide bonds. The van der Waals surface area contributed by atoms with Crippen molar-refractivity contribution < 1.29 is 18.0 Å². The van der Waals surface area contributed by atoms with E-state index in [-0.39, 0.29) is 16.3 Å². The van der Waals surface area contributed by atoms with Crippen molar-refractivity contribution >= 4 is 39.1 Å². The van der Waals surface area contributed by atoms with Crippen molar-refractivity contribution in [3.8, 4) is 0 Å². The first-order valence-electron chi connectivity index (χ1n) is 5.71. The third-order valence-corrected chi connectivity index (χ3v) is 3.68. The van der Waals surface area contributed by atoms with Crippen LogP contribution in [0.4, 0.5) is 18.9 Å². The van der Waals surface area contributed by atoms with Crippen LogP contribution in [-0.2, 0) is 6.18 Å². The molecule has 2 nitrogen and oxygen atoms in total. The van der Waals surface area contributed by atoms with Crippen LogP contribution in [-0.4, -0.2) is 5.91 Å². The average molecular weight is 379 g/mol. The molecule has 0 aliphatic rings. The summed E-state index contributed by atoms with van der Waals surface area (Å²) in [7, 11) is 0. The van der Waals surface area contributed by atoms with Gasteiger partial charge in [-0.05, 0) is 46.3 Å². The fourth-order valence-corrected chi connectivity index (χ4v) is 2.20. The molecule has 0 unspecified atom stereocenters. The first kappa shape index (κ1) is 15.9. The monoisotopic (exact) mass is 377 g/mol. The fraction of sp³-hybridized carbons (Fsp3) is 0.0714. The number of benzene rings is 2. The Morgan fingerprint density at radius 2 is 1.81 bits per heavy atom. The van der Waals surface area contributed by atoms with E-state index in [9.17, 15) is 18.0 Å². The van der Waals surface area contributed by atoms with E-state index in [1.54, 1.807) is 12.1 Å². The first-order chi connectivity index (χ1) is 9.79. The molecule has 0 bridgehead atoms. The Morgan fingerprint density at radius 1 is 1.14 bits per heavy atom. The van der Waals surface area contributed by atoms with Crippen molar-refractivity contribution in [1.82, 2.24) is 0 Å². The molecule has 0 aromatic heterocycles. The molecule has 0 saturated carbocycles. The SMILES string of the molecule is O=C(Nc1cc(C(F)(F)F)ccc1Br)c1ccccc1Cl. The lowest BCUT2D eigenvalue weighted by molar-refractivity contribution is -0.137. The number of amides is 1. The maximum absolute atomic E-state index is 12.7. The Hall–Kier alpha value is -1.53. The van der Waals surface area contributed by atoms with E-state index in [1.165, 1.54) is 18.2 Å². The minimum atomic E-state index is -4.48. The lowest BCUT2D eigenvalue weighted by Gasteiger charge is -2.12. The molecule has 0 aliphatic heterocycles. The van der Waals surface area contributed by atoms with Gasteiger partial charge in [0.25, 0.3) is 5.91 Å². The van der Waals surface area contributed by atoms with Crippen LogP contribution in [0.3, 0.4) is 0 Å². The van der Waals surface area contributed by atoms with Crippen LogP contribution in [0.5, 0.6) is 0 Å². The molecule has 0 saturated heterocycles. The molecule has 7 heteroatoms. The normalized spacial score (nSPS) is 11.3. The van der Waals surface area contributed by atoms with E-state index in [4.69, 9.17) is 11.6 Å². The second-order valence-electron chi connectivity index (χ2n) is 4.13. The lowest BCUT2D eigenvalue weighted by atomic mass is 10.1. The summed E-state index contributed by atoms with van der Waals surface area (Å²) in [5.74, 6) is -0.583. The topological polar surface area (TPSA) is 29.1 Å². The average Bonchev–Trinajstić information content (AvgIpc) is 2.40. The molecule has 0 atom stereocenters. The number of carbonyl (C=O) groups excluding carboxylic acids is 1. The largest absolute Gasteiger partial charge is 0.416 e. The van der Waals surface area contributed by atoms with Crippen LogP contribution in [0.25, 0.3) is 0 Å². The summed E-state index contributed by atoms with van der Waals surface area (Å²) >= 11 is 8.98. The second kappa shape index (κ2) is 6.07. The van der Waals surface area contributed by atoms with Crippen LogP contribution in [0.1, 0.15) is 15.9 Å². The Bertz CT molecular complexity index is 688. The molecule has 2 aromatic rings. The maximum atomic E-state index is 12.7. The van der Waals surface area contributed by atoms with Gasteiger partial charge in [-0.25, -0.2) is 0 Å². The number of halogens is 5. The van der Waals surface area contributed by atoms with Crippen molar-refractivity contribution in [1.29, 1.82) is 0 Å². The van der Waals surface area contributed by atoms with Crippen LogP contribution >= 0.6 is 27.5 Å². The van der Waals surface area contributed by atoms with Crippen molar-refractivity contribution in [2.24, 2.45) is 0 Å². The molecule has 2 rings (SSSR count). The maximum Gasteiger partial charge on any atom is 0.416 e. The van der Waals surface area contributed by atoms with Gasteiger partial charge in [-0.15, -0.1) is 0 Å². The Morgan fingerprint density at radius 3 is 2.43 bits per heavy atom. The molecular formula is C14H8BrClF3NO. The number of hydrogen-bond acceptors (Lipinski definition) is 1. The van der Waals surface area contributed by atoms with Gasteiger partial charge < -0.3 is 5.32 Å². The highest BCUT2D eigenvalue weighted by Gasteiger charge is 2.31. The molecule has 21 heavy (non-hydrogen) atoms. The molecule has 0 fully saturated rings. The molecule has 0 heterocycles. The standard InChI is InChI=1S/C14H8BrClF3NO/c15-10-6-5-8(14(17,18)19)7-12(10)20-13(21)9-3-1-2-4-11(9)16/h1-7H,(H,20,21). The molecular weight excluding hydrogens is 371 g/mol. The number of nitrogens with one attached hydrogen (secondary N) is 1. The molecule has 1 N–H and O–H groups in total. The smallest absolute Gasteiger partial charge is 0.321 e. The van der Waals surface area contributed by atoms with E-state index in [0.717, 1.165) is 12.1 Å². The summed E-state index contributed by atoms with van der Waals surface area (Å²) in [4.78, 5) is 12.1. The molecule has 0 radical (unpaired) electrons. The molecule has 2 aromatic carbocycles. The zero-order chi connectivity index (χ0) is 15.6. The summed E-state index contributed by atoms with van der Waals surface area (Å²) in [6, 6.07) is 9.29. The summed E-state index contributed by atoms with van der Waals surface area (Å²) in [5, 5.41) is 2.63. The van der Waals surface area contributed by atoms with Crippen LogP contribution < -0.4 is 5.32 Å². The molecule has 0 aliphatic carbocycles. The van der Waals surface area contributed by atoms with Gasteiger partial charge in [0.1, 0.15) is 0 Å². The van der Waals surface area contributed by atoms with E-state index in [0.29, 0.717) is 4.47 Å². The number of alkyl halides is 3. The minimum Gasteiger partial charge on any atom is -0.321 e. The van der Waals surface area contributed by atoms with Gasteiger partial charge in [-0.1, -0.05) is 23.7 Å². The van der Waals surface area contributed by atoms with E-state index >= 15 is 0 Å². The number of rotatable bonds is 2. The minimum absolute atomic E-state index is 0.0229. The predicted molar refractivity (Wildman–Crippen MR) is 78.5 cm³/mol. The van der Waals surface area contributed by atoms with Gasteiger partial charge in [-0.3, -0.25) is 4.79 Å². The Labute approximate surface area is 132 Å². The third-order valence-electron chi connectivity index (χ3n) is 2.66. The van der Waals surface area contributed by atoms with E-state index < -0.39 is 17.6 Å². The molecule has 0 spiro atoms. The van der Waals surface area contributed by atoms with Gasteiger partial charge in [0.05, 0.1) is 21.8 Å². The van der Waals surface area contributed by atoms with Gasteiger partial charge >= 0.3 is 6.18 Å². The summed E-state index contributed by atoms with van der Waals surface area (Å²) in [5.41, 5.74) is -0.640. The zero-order valence-electron chi connectivity index (χ0n) is 10.3. The summed E-state index contributed by atoms with van der Waals surface area (Å²) in [6.45, 7) is 0. The molecule has 110 valence electrons. The summed E-state index contributed by atoms with van der Waals surface area (Å²) < 4.78 is 38.4. The quantitative estimate of drug-likeness (QED) is 0.747. The van der Waals surface area contributed by atoms with Gasteiger partial charge in [0.15, 0.2) is 0 Å². The van der Waals surface area contributed by atoms with Gasteiger partial charge in [-0.2, -0.15) is 13.2 Å². The van der Waals surface area contributed by atoms with Gasteiger partial charge in [0, 0.05) is 4.47 Å². The van der Waals surface area contributed by atoms with E-state index in [2.05, 4.69) is 21.2 Å². The zero-order valence-corrected chi connectivity index (χ0v) is 12.7. The van der Waals surface area contributed by atoms with Crippen molar-refractivity contribution in [3.63, 3.8) is 0 Å². The number of anilines is 1. The lowest BCUT2D eigenvalue weighted by Crippen LogP contribution is -2.14. The van der Waals surface area contributed by atoms with Crippen LogP contribution in [0.2, 0.25) is 5.02 Å². The van der Waals surface area contributed by atoms with Crippen LogP contribution in [0.15, 0.2) is 46.9 Å². The third kappa shape index (κ3) is 3.77. The Balaban J connectivity index is 2.31. The van der Waals surface area contributed by atoms with Gasteiger partial charge in [0.2, 0.25) is 0 Å². The fourth-order valence-electron chi connectivity index (χ4n) is 1.63. The highest BCUT2D eigenvalue weighted by atomic mass is 79.9. The number of hydrogen-bond donors (Lipinski definition) is 1. The predicted octanol–water partition coefficient (Wildman–Crippen LogP) is 5.37.